The Morgan fingerprint density at radius 3 is 2.17 bits per heavy atom. The molecule has 0 amide bonds. The van der Waals surface area contributed by atoms with Gasteiger partial charge < -0.3 is 0 Å². The highest BCUT2D eigenvalue weighted by molar-refractivity contribution is 6.37. The van der Waals surface area contributed by atoms with Crippen LogP contribution < -0.4 is 10.3 Å². The average Bonchev–Trinajstić information content (AvgIpc) is 2.62. The van der Waals surface area contributed by atoms with E-state index in [4.69, 9.17) is 23.2 Å². The van der Waals surface area contributed by atoms with Crippen molar-refractivity contribution >= 4 is 23.2 Å². The third-order valence-electron chi connectivity index (χ3n) is 2.06. The quantitative estimate of drug-likeness (QED) is 0.823. The third kappa shape index (κ3) is 2.37. The predicted octanol–water partition coefficient (Wildman–Crippen LogP) is 2.57. The monoisotopic (exact) mass is 299 g/mol. The molecule has 0 fully saturated rings. The van der Waals surface area contributed by atoms with Crippen LogP contribution in [0.2, 0.25) is 10.0 Å². The van der Waals surface area contributed by atoms with Gasteiger partial charge in [-0.25, -0.2) is 4.79 Å². The van der Waals surface area contributed by atoms with Crippen molar-refractivity contribution in [2.24, 2.45) is 0 Å². The molecule has 0 radical (unpaired) electrons. The molecule has 2 rings (SSSR count). The van der Waals surface area contributed by atoms with E-state index in [1.807, 2.05) is 0 Å². The Kier molecular flexibility index (Phi) is 3.12. The lowest BCUT2D eigenvalue weighted by atomic mass is 10.2. The number of aromatic nitrogens is 2. The van der Waals surface area contributed by atoms with Gasteiger partial charge in [-0.05, 0) is 22.1 Å². The second-order valence-corrected chi connectivity index (χ2v) is 4.11. The zero-order valence-corrected chi connectivity index (χ0v) is 9.90. The summed E-state index contributed by atoms with van der Waals surface area (Å²) in [5, 5.41) is 1.61. The minimum absolute atomic E-state index is 0.00261. The Labute approximate surface area is 107 Å². The fourth-order valence-electron chi connectivity index (χ4n) is 1.32. The summed E-state index contributed by atoms with van der Waals surface area (Å²) in [6.07, 6.45) is -3.60. The number of hydrogen-bond acceptors (Lipinski definition) is 2. The fourth-order valence-corrected chi connectivity index (χ4v) is 1.99. The second-order valence-electron chi connectivity index (χ2n) is 3.30. The van der Waals surface area contributed by atoms with Crippen LogP contribution in [-0.4, -0.2) is 5.27 Å². The zero-order chi connectivity index (χ0) is 13.5. The Hall–Kier alpha value is -1.47. The van der Waals surface area contributed by atoms with Gasteiger partial charge in [0, 0.05) is 0 Å². The van der Waals surface area contributed by atoms with Gasteiger partial charge in [0.1, 0.15) is 10.0 Å². The summed E-state index contributed by atoms with van der Waals surface area (Å²) >= 11 is 11.4. The molecule has 1 N–H and O–H groups in total. The fraction of sp³-hybridized carbons (Fsp3) is 0.111. The lowest BCUT2D eigenvalue weighted by molar-refractivity contribution is -0.670. The normalized spacial score (nSPS) is 11.8. The third-order valence-corrected chi connectivity index (χ3v) is 2.64. The van der Waals surface area contributed by atoms with Crippen LogP contribution in [0.3, 0.4) is 0 Å². The average molecular weight is 300 g/mol. The first-order chi connectivity index (χ1) is 8.29. The maximum atomic E-state index is 12.5. The number of alkyl halides is 3. The van der Waals surface area contributed by atoms with Crippen LogP contribution in [-0.2, 0) is 6.18 Å². The number of H-pyrrole nitrogens is 1. The van der Waals surface area contributed by atoms with Gasteiger partial charge in [-0.2, -0.15) is 13.2 Å². The molecule has 1 heterocycles. The smallest absolute Gasteiger partial charge is 0.283 e. The van der Waals surface area contributed by atoms with Gasteiger partial charge >= 0.3 is 11.8 Å². The highest BCUT2D eigenvalue weighted by Crippen LogP contribution is 2.35. The van der Waals surface area contributed by atoms with Gasteiger partial charge in [0.2, 0.25) is 0 Å². The number of hydrogen-bond donors (Lipinski definition) is 1. The van der Waals surface area contributed by atoms with Crippen LogP contribution in [0.4, 0.5) is 13.2 Å². The van der Waals surface area contributed by atoms with Crippen molar-refractivity contribution in [2.75, 3.05) is 0 Å². The maximum absolute atomic E-state index is 12.5. The minimum atomic E-state index is -4.56. The summed E-state index contributed by atoms with van der Waals surface area (Å²) in [6.45, 7) is 0. The molecule has 0 bridgehead atoms. The summed E-state index contributed by atoms with van der Waals surface area (Å²) in [6, 6.07) is 1.42. The standard InChI is InChI=1S/C9H3Cl2F3N2O2/c10-5-1-4(9(12,13)14)2-6(11)8(5)16-3-7(17)18-15-16/h1-3H/p+1. The summed E-state index contributed by atoms with van der Waals surface area (Å²) in [7, 11) is 0. The molecule has 0 saturated carbocycles. The number of halogens is 5. The molecule has 4 nitrogen and oxygen atoms in total. The van der Waals surface area contributed by atoms with Crippen LogP contribution in [0.15, 0.2) is 27.6 Å². The Morgan fingerprint density at radius 1 is 1.22 bits per heavy atom. The first-order valence-corrected chi connectivity index (χ1v) is 5.21. The summed E-state index contributed by atoms with van der Waals surface area (Å²) in [5.74, 6) is 0. The molecule has 18 heavy (non-hydrogen) atoms. The number of benzene rings is 1. The molecule has 0 atom stereocenters. The van der Waals surface area contributed by atoms with Crippen LogP contribution in [0.25, 0.3) is 5.69 Å². The van der Waals surface area contributed by atoms with E-state index < -0.39 is 17.4 Å². The van der Waals surface area contributed by atoms with Crippen molar-refractivity contribution in [3.8, 4) is 5.69 Å². The highest BCUT2D eigenvalue weighted by Gasteiger charge is 2.34. The van der Waals surface area contributed by atoms with Crippen LogP contribution in [0, 0.1) is 0 Å². The molecule has 96 valence electrons. The van der Waals surface area contributed by atoms with Crippen molar-refractivity contribution < 1.29 is 22.4 Å². The van der Waals surface area contributed by atoms with Gasteiger partial charge in [0.25, 0.3) is 11.9 Å². The SMILES string of the molecule is O=c1c[n+](-c2c(Cl)cc(C(F)(F)F)cc2Cl)[nH]o1. The first kappa shape index (κ1) is 13.0. The topological polar surface area (TPSA) is 49.9 Å². The Morgan fingerprint density at radius 2 is 1.78 bits per heavy atom. The molecule has 1 aromatic heterocycles. The number of rotatable bonds is 1. The molecule has 0 aliphatic rings. The number of nitrogens with one attached hydrogen (secondary N) is 1. The van der Waals surface area contributed by atoms with E-state index in [1.54, 1.807) is 0 Å². The van der Waals surface area contributed by atoms with Gasteiger partial charge in [-0.1, -0.05) is 23.2 Å². The largest absolute Gasteiger partial charge is 0.427 e. The van der Waals surface area contributed by atoms with Crippen molar-refractivity contribution in [3.05, 3.63) is 44.4 Å². The summed E-state index contributed by atoms with van der Waals surface area (Å²) < 4.78 is 42.8. The van der Waals surface area contributed by atoms with E-state index in [-0.39, 0.29) is 15.7 Å². The lowest BCUT2D eigenvalue weighted by Crippen LogP contribution is -2.33. The second kappa shape index (κ2) is 4.33. The van der Waals surface area contributed by atoms with E-state index in [0.717, 1.165) is 10.9 Å². The van der Waals surface area contributed by atoms with Crippen LogP contribution in [0.1, 0.15) is 5.56 Å². The van der Waals surface area contributed by atoms with Crippen LogP contribution >= 0.6 is 23.2 Å². The van der Waals surface area contributed by atoms with Gasteiger partial charge in [0.05, 0.1) is 5.56 Å². The van der Waals surface area contributed by atoms with Crippen LogP contribution in [0.5, 0.6) is 0 Å². The molecule has 0 unspecified atom stereocenters. The molecular weight excluding hydrogens is 296 g/mol. The summed E-state index contributed by atoms with van der Waals surface area (Å²) in [4.78, 5) is 10.8. The highest BCUT2D eigenvalue weighted by atomic mass is 35.5. The number of nitrogens with zero attached hydrogens (tertiary/aromatic N) is 1. The molecule has 0 spiro atoms. The van der Waals surface area contributed by atoms with Gasteiger partial charge in [-0.15, -0.1) is 0 Å². The van der Waals surface area contributed by atoms with Crippen molar-refractivity contribution in [1.82, 2.24) is 5.27 Å². The number of aromatic amines is 1. The van der Waals surface area contributed by atoms with E-state index in [2.05, 4.69) is 9.79 Å². The Balaban J connectivity index is 2.61. The van der Waals surface area contributed by atoms with E-state index in [1.165, 1.54) is 0 Å². The zero-order valence-electron chi connectivity index (χ0n) is 8.39. The van der Waals surface area contributed by atoms with E-state index in [9.17, 15) is 18.0 Å². The van der Waals surface area contributed by atoms with Crippen molar-refractivity contribution in [2.45, 2.75) is 6.18 Å². The molecule has 1 aromatic carbocycles. The predicted molar refractivity (Wildman–Crippen MR) is 55.9 cm³/mol. The minimum Gasteiger partial charge on any atom is -0.283 e. The van der Waals surface area contributed by atoms with Gasteiger partial charge in [0.15, 0.2) is 0 Å². The molecule has 0 aliphatic heterocycles. The first-order valence-electron chi connectivity index (χ1n) is 4.46. The maximum Gasteiger partial charge on any atom is 0.427 e. The molecule has 0 aliphatic carbocycles. The lowest BCUT2D eigenvalue weighted by Gasteiger charge is -2.07. The Bertz CT molecular complexity index is 625. The van der Waals surface area contributed by atoms with Crippen molar-refractivity contribution in [1.29, 1.82) is 0 Å². The van der Waals surface area contributed by atoms with E-state index in [0.29, 0.717) is 12.1 Å². The van der Waals surface area contributed by atoms with E-state index >= 15 is 0 Å². The molecule has 2 aromatic rings. The van der Waals surface area contributed by atoms with Crippen molar-refractivity contribution in [3.63, 3.8) is 0 Å². The van der Waals surface area contributed by atoms with Gasteiger partial charge in [-0.3, -0.25) is 4.52 Å². The molecule has 0 saturated heterocycles. The molecule has 9 heteroatoms. The summed E-state index contributed by atoms with van der Waals surface area (Å²) in [5.41, 5.74) is -1.70. The molecular formula is C9H4Cl2F3N2O2+.